The first-order valence-corrected chi connectivity index (χ1v) is 16.7. The minimum Gasteiger partial charge on any atom is -0.310 e. The van der Waals surface area contributed by atoms with Gasteiger partial charge < -0.3 is 4.90 Å². The van der Waals surface area contributed by atoms with Gasteiger partial charge in [0.15, 0.2) is 5.78 Å². The number of anilines is 3. The zero-order valence-corrected chi connectivity index (χ0v) is 30.3. The first kappa shape index (κ1) is 35.9. The van der Waals surface area contributed by atoms with E-state index in [1.165, 1.54) is 44.5 Å². The van der Waals surface area contributed by atoms with E-state index in [1.54, 1.807) is 19.1 Å². The van der Waals surface area contributed by atoms with Crippen molar-refractivity contribution in [2.24, 2.45) is 0 Å². The van der Waals surface area contributed by atoms with Crippen LogP contribution in [-0.4, -0.2) is 5.78 Å². The molecular weight excluding hydrogens is 583 g/mol. The molecule has 0 unspecified atom stereocenters. The molecule has 0 aromatic heterocycles. The van der Waals surface area contributed by atoms with E-state index in [1.807, 2.05) is 19.1 Å². The van der Waals surface area contributed by atoms with Gasteiger partial charge in [0.25, 0.3) is 0 Å². The molecule has 0 saturated carbocycles. The van der Waals surface area contributed by atoms with Crippen LogP contribution in [0.4, 0.5) is 17.1 Å². The van der Waals surface area contributed by atoms with Gasteiger partial charge in [-0.25, -0.2) is 0 Å². The summed E-state index contributed by atoms with van der Waals surface area (Å²) in [4.78, 5) is 13.6. The molecule has 0 aliphatic heterocycles. The quantitative estimate of drug-likeness (QED) is 0.166. The van der Waals surface area contributed by atoms with Crippen molar-refractivity contribution in [3.63, 3.8) is 0 Å². The first-order valence-electron chi connectivity index (χ1n) is 16.7. The Balaban J connectivity index is 0.000000312. The maximum atomic E-state index is 11.3. The van der Waals surface area contributed by atoms with Crippen LogP contribution in [0.3, 0.4) is 0 Å². The third-order valence-electron chi connectivity index (χ3n) is 8.70. The Labute approximate surface area is 289 Å². The van der Waals surface area contributed by atoms with Gasteiger partial charge in [-0.05, 0) is 124 Å². The molecular formula is C46H51NO. The zero-order chi connectivity index (χ0) is 35.2. The van der Waals surface area contributed by atoms with Crippen LogP contribution in [0.5, 0.6) is 0 Å². The molecule has 48 heavy (non-hydrogen) atoms. The van der Waals surface area contributed by atoms with E-state index in [4.69, 9.17) is 0 Å². The number of fused-ring (bicyclic) bond motifs is 1. The van der Waals surface area contributed by atoms with E-state index in [9.17, 15) is 4.79 Å². The minimum atomic E-state index is 0.0845. The monoisotopic (exact) mass is 633 g/mol. The van der Waals surface area contributed by atoms with Crippen molar-refractivity contribution in [1.82, 2.24) is 0 Å². The average Bonchev–Trinajstić information content (AvgIpc) is 3.04. The van der Waals surface area contributed by atoms with Crippen LogP contribution in [-0.2, 0) is 10.8 Å². The Kier molecular flexibility index (Phi) is 11.1. The highest BCUT2D eigenvalue weighted by Gasteiger charge is 2.18. The Hall–Kier alpha value is -4.95. The molecule has 0 spiro atoms. The van der Waals surface area contributed by atoms with E-state index in [0.717, 1.165) is 22.3 Å². The first-order chi connectivity index (χ1) is 22.7. The third kappa shape index (κ3) is 8.49. The van der Waals surface area contributed by atoms with E-state index < -0.39 is 0 Å². The highest BCUT2D eigenvalue weighted by molar-refractivity contribution is 5.96. The number of allylic oxidation sites excluding steroid dienone is 1. The van der Waals surface area contributed by atoms with Gasteiger partial charge in [0.1, 0.15) is 0 Å². The standard InChI is InChI=1S/C33H37N.C13H14O/c1-8-9-24-10-11-26-23-31(17-12-25(26)22-24)34(29-18-13-27(14-19-29)32(2,3)4)30-20-15-28(16-21-30)33(5,6)7;1-5-11-7-9(3)13(10(4)14)8-12(11)6-2/h8-23H,1-7H3;5-8H,1-2H2,3-4H3. The number of carbonyl (C=O) groups excluding carboxylic acids is 1. The second-order valence-corrected chi connectivity index (χ2v) is 14.5. The molecule has 0 saturated heterocycles. The lowest BCUT2D eigenvalue weighted by Crippen LogP contribution is -2.14. The highest BCUT2D eigenvalue weighted by atomic mass is 16.1. The minimum absolute atomic E-state index is 0.0845. The molecule has 0 bridgehead atoms. The van der Waals surface area contributed by atoms with E-state index in [-0.39, 0.29) is 16.6 Å². The highest BCUT2D eigenvalue weighted by Crippen LogP contribution is 2.38. The molecule has 0 aliphatic rings. The maximum absolute atomic E-state index is 11.3. The topological polar surface area (TPSA) is 20.3 Å². The second kappa shape index (κ2) is 14.9. The lowest BCUT2D eigenvalue weighted by Gasteiger charge is -2.28. The molecule has 0 atom stereocenters. The second-order valence-electron chi connectivity index (χ2n) is 14.5. The SMILES string of the molecule is C=Cc1cc(C)c(C(C)=O)cc1C=C.CC=Cc1ccc2cc(N(c3ccc(C(C)(C)C)cc3)c3ccc(C(C)(C)C)cc3)ccc2c1. The van der Waals surface area contributed by atoms with Gasteiger partial charge in [-0.15, -0.1) is 0 Å². The number of carbonyl (C=O) groups is 1. The van der Waals surface area contributed by atoms with E-state index in [0.29, 0.717) is 0 Å². The molecule has 5 rings (SSSR count). The fourth-order valence-electron chi connectivity index (χ4n) is 5.83. The summed E-state index contributed by atoms with van der Waals surface area (Å²) < 4.78 is 0. The summed E-state index contributed by atoms with van der Waals surface area (Å²) in [5, 5.41) is 2.50. The number of rotatable bonds is 7. The van der Waals surface area contributed by atoms with Crippen molar-refractivity contribution < 1.29 is 4.79 Å². The predicted octanol–water partition coefficient (Wildman–Crippen LogP) is 13.4. The smallest absolute Gasteiger partial charge is 0.160 e. The number of hydrogen-bond acceptors (Lipinski definition) is 2. The van der Waals surface area contributed by atoms with Gasteiger partial charge >= 0.3 is 0 Å². The van der Waals surface area contributed by atoms with Crippen LogP contribution in [0.25, 0.3) is 29.0 Å². The predicted molar refractivity (Wildman–Crippen MR) is 212 cm³/mol. The van der Waals surface area contributed by atoms with E-state index >= 15 is 0 Å². The number of hydrogen-bond donors (Lipinski definition) is 0. The molecule has 2 heteroatoms. The van der Waals surface area contributed by atoms with Crippen LogP contribution < -0.4 is 4.90 Å². The molecule has 0 aliphatic carbocycles. The number of benzene rings is 5. The maximum Gasteiger partial charge on any atom is 0.160 e. The summed E-state index contributed by atoms with van der Waals surface area (Å²) in [7, 11) is 0. The fraction of sp³-hybridized carbons (Fsp3) is 0.239. The number of ketones is 1. The summed E-state index contributed by atoms with van der Waals surface area (Å²) in [6, 6.07) is 35.3. The van der Waals surface area contributed by atoms with Gasteiger partial charge in [0.05, 0.1) is 0 Å². The summed E-state index contributed by atoms with van der Waals surface area (Å²) in [5.74, 6) is 0.0845. The Morgan fingerprint density at radius 3 is 1.54 bits per heavy atom. The molecule has 0 amide bonds. The molecule has 0 N–H and O–H groups in total. The molecule has 0 heterocycles. The number of nitrogens with zero attached hydrogens (tertiary/aromatic N) is 1. The molecule has 5 aromatic carbocycles. The molecule has 5 aromatic rings. The summed E-state index contributed by atoms with van der Waals surface area (Å²) >= 11 is 0. The van der Waals surface area contributed by atoms with Crippen molar-refractivity contribution in [3.8, 4) is 0 Å². The summed E-state index contributed by atoms with van der Waals surface area (Å²) in [6.07, 6.45) is 7.74. The molecule has 2 nitrogen and oxygen atoms in total. The Bertz CT molecular complexity index is 1880. The molecule has 0 fully saturated rings. The van der Waals surface area contributed by atoms with Crippen molar-refractivity contribution in [2.45, 2.75) is 73.1 Å². The van der Waals surface area contributed by atoms with Crippen molar-refractivity contribution in [2.75, 3.05) is 4.90 Å². The van der Waals surface area contributed by atoms with Gasteiger partial charge in [-0.3, -0.25) is 4.79 Å². The Morgan fingerprint density at radius 2 is 1.08 bits per heavy atom. The summed E-state index contributed by atoms with van der Waals surface area (Å²) in [5.41, 5.74) is 11.4. The summed E-state index contributed by atoms with van der Waals surface area (Å²) in [6.45, 7) is 26.6. The van der Waals surface area contributed by atoms with Crippen molar-refractivity contribution in [1.29, 1.82) is 0 Å². The van der Waals surface area contributed by atoms with Crippen molar-refractivity contribution in [3.05, 3.63) is 155 Å². The molecule has 0 radical (unpaired) electrons. The van der Waals surface area contributed by atoms with Crippen LogP contribution in [0.2, 0.25) is 0 Å². The number of Topliss-reactive ketones (excluding diaryl/α,β-unsaturated/α-hetero) is 1. The fourth-order valence-corrected chi connectivity index (χ4v) is 5.83. The largest absolute Gasteiger partial charge is 0.310 e. The third-order valence-corrected chi connectivity index (χ3v) is 8.70. The van der Waals surface area contributed by atoms with Crippen LogP contribution in [0.1, 0.15) is 99.1 Å². The Morgan fingerprint density at radius 1 is 0.625 bits per heavy atom. The normalized spacial score (nSPS) is 11.6. The van der Waals surface area contributed by atoms with E-state index in [2.05, 4.69) is 164 Å². The van der Waals surface area contributed by atoms with Gasteiger partial charge in [-0.2, -0.15) is 0 Å². The molecule has 246 valence electrons. The zero-order valence-electron chi connectivity index (χ0n) is 30.3. The van der Waals surface area contributed by atoms with Crippen LogP contribution in [0.15, 0.2) is 116 Å². The lowest BCUT2D eigenvalue weighted by molar-refractivity contribution is 0.101. The van der Waals surface area contributed by atoms with Gasteiger partial charge in [-0.1, -0.05) is 128 Å². The lowest BCUT2D eigenvalue weighted by atomic mass is 9.86. The van der Waals surface area contributed by atoms with Crippen LogP contribution >= 0.6 is 0 Å². The number of aryl methyl sites for hydroxylation is 1. The average molecular weight is 634 g/mol. The van der Waals surface area contributed by atoms with Gasteiger partial charge in [0, 0.05) is 22.6 Å². The van der Waals surface area contributed by atoms with Gasteiger partial charge in [0.2, 0.25) is 0 Å². The van der Waals surface area contributed by atoms with Crippen molar-refractivity contribution >= 4 is 51.8 Å². The van der Waals surface area contributed by atoms with Crippen LogP contribution in [0, 0.1) is 6.92 Å².